The van der Waals surface area contributed by atoms with E-state index in [0.29, 0.717) is 12.1 Å². The van der Waals surface area contributed by atoms with Crippen LogP contribution in [0, 0.1) is 0 Å². The Kier molecular flexibility index (Phi) is 2.59. The second kappa shape index (κ2) is 3.91. The van der Waals surface area contributed by atoms with Crippen LogP contribution in [0.3, 0.4) is 0 Å². The van der Waals surface area contributed by atoms with E-state index in [2.05, 4.69) is 5.32 Å². The van der Waals surface area contributed by atoms with Crippen molar-refractivity contribution in [1.82, 2.24) is 5.32 Å². The fourth-order valence-corrected chi connectivity index (χ4v) is 4.41. The van der Waals surface area contributed by atoms with Crippen LogP contribution in [-0.4, -0.2) is 31.9 Å². The molecule has 2 heterocycles. The summed E-state index contributed by atoms with van der Waals surface area (Å²) in [6, 6.07) is 6.53. The Hall–Kier alpha value is -1.17. The first kappa shape index (κ1) is 11.9. The van der Waals surface area contributed by atoms with Crippen molar-refractivity contribution in [2.45, 2.75) is 23.0 Å². The molecule has 0 fully saturated rings. The van der Waals surface area contributed by atoms with Gasteiger partial charge in [0.2, 0.25) is 0 Å². The fourth-order valence-electron chi connectivity index (χ4n) is 2.75. The van der Waals surface area contributed by atoms with E-state index in [1.54, 1.807) is 24.3 Å². The lowest BCUT2D eigenvalue weighted by Crippen LogP contribution is -2.49. The van der Waals surface area contributed by atoms with Gasteiger partial charge >= 0.3 is 0 Å². The molecule has 2 aliphatic heterocycles. The highest BCUT2D eigenvalue weighted by Crippen LogP contribution is 2.40. The highest BCUT2D eigenvalue weighted by molar-refractivity contribution is 7.91. The van der Waals surface area contributed by atoms with Crippen LogP contribution in [0.25, 0.3) is 0 Å². The number of rotatable bonds is 1. The van der Waals surface area contributed by atoms with Crippen molar-refractivity contribution in [3.63, 3.8) is 0 Å². The Balaban J connectivity index is 2.17. The van der Waals surface area contributed by atoms with E-state index in [9.17, 15) is 13.5 Å². The summed E-state index contributed by atoms with van der Waals surface area (Å²) in [6.07, 6.45) is 4.09. The summed E-state index contributed by atoms with van der Waals surface area (Å²) < 4.78 is 24.1. The quantitative estimate of drug-likeness (QED) is 0.729. The molecule has 0 bridgehead atoms. The van der Waals surface area contributed by atoms with Crippen molar-refractivity contribution in [3.8, 4) is 0 Å². The summed E-state index contributed by atoms with van der Waals surface area (Å²) >= 11 is 0. The van der Waals surface area contributed by atoms with Gasteiger partial charge < -0.3 is 10.4 Å². The third kappa shape index (κ3) is 1.62. The number of fused-ring (bicyclic) bond motifs is 1. The molecule has 2 atom stereocenters. The third-order valence-electron chi connectivity index (χ3n) is 3.74. The van der Waals surface area contributed by atoms with Crippen LogP contribution in [0.5, 0.6) is 0 Å². The Bertz CT molecular complexity index is 608. The van der Waals surface area contributed by atoms with Crippen LogP contribution in [-0.2, 0) is 15.4 Å². The van der Waals surface area contributed by atoms with E-state index in [1.165, 1.54) is 0 Å². The van der Waals surface area contributed by atoms with Crippen LogP contribution in [0.15, 0.2) is 41.3 Å². The first-order chi connectivity index (χ1) is 8.54. The number of hydrogen-bond acceptors (Lipinski definition) is 4. The molecular formula is C13H15NO3S. The molecule has 4 nitrogen and oxygen atoms in total. The van der Waals surface area contributed by atoms with Crippen molar-refractivity contribution >= 4 is 9.84 Å². The molecule has 5 heteroatoms. The zero-order chi connectivity index (χ0) is 12.8. The van der Waals surface area contributed by atoms with E-state index in [0.717, 1.165) is 0 Å². The van der Waals surface area contributed by atoms with Crippen LogP contribution in [0.2, 0.25) is 0 Å². The normalized spacial score (nSPS) is 33.3. The molecule has 2 N–H and O–H groups in total. The molecule has 1 aromatic rings. The Morgan fingerprint density at radius 3 is 2.83 bits per heavy atom. The second-order valence-corrected chi connectivity index (χ2v) is 6.88. The SMILES string of the molecule is O=S1(=O)CCC(O)(C2C=CCN2)c2ccccc21. The standard InChI is InChI=1S/C13H15NO3S/c15-13(12-6-3-8-14-12)7-9-18(16,17)11-5-2-1-4-10(11)13/h1-6,12,14-15H,7-9H2. The number of benzene rings is 1. The van der Waals surface area contributed by atoms with Gasteiger partial charge in [0.15, 0.2) is 9.84 Å². The van der Waals surface area contributed by atoms with E-state index in [4.69, 9.17) is 0 Å². The van der Waals surface area contributed by atoms with E-state index in [1.807, 2.05) is 12.2 Å². The summed E-state index contributed by atoms with van der Waals surface area (Å²) in [5.41, 5.74) is -0.616. The summed E-state index contributed by atoms with van der Waals surface area (Å²) in [4.78, 5) is 0.265. The molecule has 0 amide bonds. The van der Waals surface area contributed by atoms with Gasteiger partial charge in [-0.25, -0.2) is 8.42 Å². The van der Waals surface area contributed by atoms with Gasteiger partial charge in [-0.15, -0.1) is 0 Å². The van der Waals surface area contributed by atoms with Crippen LogP contribution in [0.4, 0.5) is 0 Å². The summed E-state index contributed by atoms with van der Waals surface area (Å²) in [5, 5.41) is 14.1. The average molecular weight is 265 g/mol. The zero-order valence-corrected chi connectivity index (χ0v) is 10.7. The zero-order valence-electron chi connectivity index (χ0n) is 9.83. The molecule has 0 aromatic heterocycles. The molecule has 96 valence electrons. The van der Waals surface area contributed by atoms with Gasteiger partial charge in [0.25, 0.3) is 0 Å². The second-order valence-electron chi connectivity index (χ2n) is 4.80. The van der Waals surface area contributed by atoms with Gasteiger partial charge in [-0.1, -0.05) is 30.4 Å². The van der Waals surface area contributed by atoms with Crippen molar-refractivity contribution in [1.29, 1.82) is 0 Å². The number of aliphatic hydroxyl groups is 1. The maximum Gasteiger partial charge on any atom is 0.178 e. The minimum atomic E-state index is -3.25. The molecule has 2 unspecified atom stereocenters. The van der Waals surface area contributed by atoms with Gasteiger partial charge in [-0.05, 0) is 12.5 Å². The molecular weight excluding hydrogens is 250 g/mol. The molecule has 0 aliphatic carbocycles. The minimum Gasteiger partial charge on any atom is -0.383 e. The first-order valence-corrected chi connectivity index (χ1v) is 7.64. The van der Waals surface area contributed by atoms with Crippen molar-refractivity contribution in [2.75, 3.05) is 12.3 Å². The first-order valence-electron chi connectivity index (χ1n) is 5.99. The topological polar surface area (TPSA) is 66.4 Å². The smallest absolute Gasteiger partial charge is 0.178 e. The maximum absolute atomic E-state index is 12.0. The highest BCUT2D eigenvalue weighted by atomic mass is 32.2. The number of sulfone groups is 1. The van der Waals surface area contributed by atoms with Gasteiger partial charge in [-0.3, -0.25) is 0 Å². The van der Waals surface area contributed by atoms with Crippen molar-refractivity contribution < 1.29 is 13.5 Å². The lowest BCUT2D eigenvalue weighted by atomic mass is 9.84. The molecule has 3 rings (SSSR count). The van der Waals surface area contributed by atoms with Gasteiger partial charge in [0, 0.05) is 12.1 Å². The molecule has 18 heavy (non-hydrogen) atoms. The van der Waals surface area contributed by atoms with E-state index >= 15 is 0 Å². The summed E-state index contributed by atoms with van der Waals surface area (Å²) in [5.74, 6) is -0.00741. The molecule has 1 aromatic carbocycles. The summed E-state index contributed by atoms with van der Waals surface area (Å²) in [7, 11) is -3.25. The number of nitrogens with one attached hydrogen (secondary N) is 1. The van der Waals surface area contributed by atoms with E-state index in [-0.39, 0.29) is 23.1 Å². The van der Waals surface area contributed by atoms with E-state index < -0.39 is 15.4 Å². The lowest BCUT2D eigenvalue weighted by Gasteiger charge is -2.38. The fraction of sp³-hybridized carbons (Fsp3) is 0.385. The molecule has 0 radical (unpaired) electrons. The third-order valence-corrected chi connectivity index (χ3v) is 5.51. The average Bonchev–Trinajstić information content (AvgIpc) is 2.89. The predicted octanol–water partition coefficient (Wildman–Crippen LogP) is 0.580. The molecule has 0 saturated carbocycles. The van der Waals surface area contributed by atoms with Gasteiger partial charge in [0.1, 0.15) is 5.60 Å². The van der Waals surface area contributed by atoms with Crippen LogP contribution in [0.1, 0.15) is 12.0 Å². The monoisotopic (exact) mass is 265 g/mol. The Morgan fingerprint density at radius 2 is 2.11 bits per heavy atom. The largest absolute Gasteiger partial charge is 0.383 e. The lowest BCUT2D eigenvalue weighted by molar-refractivity contribution is 0.00737. The van der Waals surface area contributed by atoms with Crippen molar-refractivity contribution in [3.05, 3.63) is 42.0 Å². The van der Waals surface area contributed by atoms with Gasteiger partial charge in [0.05, 0.1) is 16.7 Å². The summed E-state index contributed by atoms with van der Waals surface area (Å²) in [6.45, 7) is 0.710. The minimum absolute atomic E-state index is 0.00741. The highest BCUT2D eigenvalue weighted by Gasteiger charge is 2.45. The Morgan fingerprint density at radius 1 is 1.33 bits per heavy atom. The van der Waals surface area contributed by atoms with Crippen LogP contribution >= 0.6 is 0 Å². The molecule has 0 saturated heterocycles. The van der Waals surface area contributed by atoms with Gasteiger partial charge in [-0.2, -0.15) is 0 Å². The Labute approximate surface area is 106 Å². The van der Waals surface area contributed by atoms with Crippen LogP contribution < -0.4 is 5.32 Å². The molecule has 2 aliphatic rings. The molecule has 0 spiro atoms. The van der Waals surface area contributed by atoms with Crippen molar-refractivity contribution in [2.24, 2.45) is 0 Å². The number of hydrogen-bond donors (Lipinski definition) is 2. The maximum atomic E-state index is 12.0. The predicted molar refractivity (Wildman–Crippen MR) is 67.9 cm³/mol.